The van der Waals surface area contributed by atoms with Crippen molar-refractivity contribution >= 4 is 21.4 Å². The molecule has 0 amide bonds. The van der Waals surface area contributed by atoms with Crippen molar-refractivity contribution in [2.24, 2.45) is 0 Å². The Kier molecular flexibility index (Phi) is 3.32. The molecular formula is C13H11ClO3S. The monoisotopic (exact) mass is 282 g/mol. The van der Waals surface area contributed by atoms with Crippen LogP contribution in [-0.4, -0.2) is 19.8 Å². The second kappa shape index (κ2) is 4.63. The van der Waals surface area contributed by atoms with Gasteiger partial charge in [0.15, 0.2) is 9.84 Å². The molecule has 0 unspecified atom stereocenters. The molecule has 3 nitrogen and oxygen atoms in total. The Balaban J connectivity index is 2.55. The van der Waals surface area contributed by atoms with Gasteiger partial charge >= 0.3 is 0 Å². The lowest BCUT2D eigenvalue weighted by Crippen LogP contribution is -1.96. The number of rotatable bonds is 2. The molecule has 0 aliphatic carbocycles. The Morgan fingerprint density at radius 3 is 2.33 bits per heavy atom. The van der Waals surface area contributed by atoms with Gasteiger partial charge in [-0.05, 0) is 35.4 Å². The first-order valence-corrected chi connectivity index (χ1v) is 7.44. The predicted molar refractivity (Wildman–Crippen MR) is 71.7 cm³/mol. The summed E-state index contributed by atoms with van der Waals surface area (Å²) in [6, 6.07) is 11.3. The van der Waals surface area contributed by atoms with E-state index in [-0.39, 0.29) is 15.7 Å². The van der Waals surface area contributed by atoms with Crippen molar-refractivity contribution in [2.45, 2.75) is 4.90 Å². The summed E-state index contributed by atoms with van der Waals surface area (Å²) >= 11 is 5.73. The van der Waals surface area contributed by atoms with Crippen molar-refractivity contribution < 1.29 is 13.5 Å². The Bertz CT molecular complexity index is 693. The van der Waals surface area contributed by atoms with Crippen LogP contribution in [0.3, 0.4) is 0 Å². The number of phenolic OH excluding ortho intramolecular Hbond substituents is 1. The van der Waals surface area contributed by atoms with Crippen LogP contribution in [0, 0.1) is 0 Å². The molecule has 2 rings (SSSR count). The molecule has 1 N–H and O–H groups in total. The van der Waals surface area contributed by atoms with Gasteiger partial charge in [0.2, 0.25) is 0 Å². The third-order valence-electron chi connectivity index (χ3n) is 2.54. The molecular weight excluding hydrogens is 272 g/mol. The summed E-state index contributed by atoms with van der Waals surface area (Å²) in [5.74, 6) is -0.0288. The molecule has 0 spiro atoms. The average Bonchev–Trinajstić information content (AvgIpc) is 2.32. The summed E-state index contributed by atoms with van der Waals surface area (Å²) < 4.78 is 22.9. The number of benzene rings is 2. The van der Waals surface area contributed by atoms with Gasteiger partial charge in [-0.1, -0.05) is 29.8 Å². The van der Waals surface area contributed by atoms with Crippen LogP contribution >= 0.6 is 11.6 Å². The van der Waals surface area contributed by atoms with Crippen molar-refractivity contribution in [3.05, 3.63) is 47.5 Å². The first kappa shape index (κ1) is 12.9. The topological polar surface area (TPSA) is 54.4 Å². The van der Waals surface area contributed by atoms with E-state index in [0.29, 0.717) is 11.1 Å². The molecule has 0 bridgehead atoms. The maximum Gasteiger partial charge on any atom is 0.175 e. The van der Waals surface area contributed by atoms with E-state index in [9.17, 15) is 13.5 Å². The standard InChI is InChI=1S/C13H11ClO3S/c1-18(16,17)11-4-2-3-9(7-11)10-5-6-12(14)13(15)8-10/h2-8,15H,1H3. The number of hydrogen-bond acceptors (Lipinski definition) is 3. The molecule has 0 fully saturated rings. The van der Waals surface area contributed by atoms with Crippen LogP contribution in [0.4, 0.5) is 0 Å². The molecule has 0 radical (unpaired) electrons. The van der Waals surface area contributed by atoms with Crippen molar-refractivity contribution in [3.63, 3.8) is 0 Å². The normalized spacial score (nSPS) is 11.4. The fraction of sp³-hybridized carbons (Fsp3) is 0.0769. The first-order chi connectivity index (χ1) is 8.38. The molecule has 0 aromatic heterocycles. The summed E-state index contributed by atoms with van der Waals surface area (Å²) in [4.78, 5) is 0.245. The van der Waals surface area contributed by atoms with E-state index >= 15 is 0 Å². The SMILES string of the molecule is CS(=O)(=O)c1cccc(-c2ccc(Cl)c(O)c2)c1. The smallest absolute Gasteiger partial charge is 0.175 e. The lowest BCUT2D eigenvalue weighted by Gasteiger charge is -2.05. The molecule has 2 aromatic carbocycles. The van der Waals surface area contributed by atoms with E-state index < -0.39 is 9.84 Å². The van der Waals surface area contributed by atoms with Gasteiger partial charge in [0.05, 0.1) is 9.92 Å². The minimum atomic E-state index is -3.24. The molecule has 18 heavy (non-hydrogen) atoms. The van der Waals surface area contributed by atoms with E-state index in [1.54, 1.807) is 30.3 Å². The number of hydrogen-bond donors (Lipinski definition) is 1. The van der Waals surface area contributed by atoms with E-state index in [1.807, 2.05) is 0 Å². The quantitative estimate of drug-likeness (QED) is 0.921. The highest BCUT2D eigenvalue weighted by atomic mass is 35.5. The molecule has 0 aliphatic rings. The van der Waals surface area contributed by atoms with Crippen molar-refractivity contribution in [1.29, 1.82) is 0 Å². The summed E-state index contributed by atoms with van der Waals surface area (Å²) in [6.45, 7) is 0. The average molecular weight is 283 g/mol. The largest absolute Gasteiger partial charge is 0.506 e. The van der Waals surface area contributed by atoms with Crippen molar-refractivity contribution in [2.75, 3.05) is 6.26 Å². The van der Waals surface area contributed by atoms with Gasteiger partial charge in [0, 0.05) is 6.26 Å². The van der Waals surface area contributed by atoms with Crippen LogP contribution in [0.15, 0.2) is 47.4 Å². The van der Waals surface area contributed by atoms with E-state index in [2.05, 4.69) is 0 Å². The molecule has 0 aliphatic heterocycles. The summed E-state index contributed by atoms with van der Waals surface area (Å²) in [7, 11) is -3.24. The molecule has 5 heteroatoms. The fourth-order valence-corrected chi connectivity index (χ4v) is 2.38. The van der Waals surface area contributed by atoms with E-state index in [4.69, 9.17) is 11.6 Å². The molecule has 0 saturated heterocycles. The zero-order chi connectivity index (χ0) is 13.3. The van der Waals surface area contributed by atoms with Crippen LogP contribution < -0.4 is 0 Å². The molecule has 0 heterocycles. The third-order valence-corrected chi connectivity index (χ3v) is 3.97. The zero-order valence-electron chi connectivity index (χ0n) is 9.59. The molecule has 2 aromatic rings. The minimum Gasteiger partial charge on any atom is -0.506 e. The molecule has 0 saturated carbocycles. The van der Waals surface area contributed by atoms with Gasteiger partial charge in [-0.3, -0.25) is 0 Å². The predicted octanol–water partition coefficient (Wildman–Crippen LogP) is 3.12. The van der Waals surface area contributed by atoms with Gasteiger partial charge in [-0.2, -0.15) is 0 Å². The van der Waals surface area contributed by atoms with Crippen LogP contribution in [0.5, 0.6) is 5.75 Å². The summed E-state index contributed by atoms with van der Waals surface area (Å²) in [5.41, 5.74) is 1.42. The Labute approximate surface area is 111 Å². The number of sulfone groups is 1. The highest BCUT2D eigenvalue weighted by Crippen LogP contribution is 2.30. The van der Waals surface area contributed by atoms with E-state index in [0.717, 1.165) is 6.26 Å². The Morgan fingerprint density at radius 2 is 1.72 bits per heavy atom. The lowest BCUT2D eigenvalue weighted by atomic mass is 10.1. The minimum absolute atomic E-state index is 0.0288. The second-order valence-electron chi connectivity index (χ2n) is 3.97. The Hall–Kier alpha value is -1.52. The first-order valence-electron chi connectivity index (χ1n) is 5.17. The second-order valence-corrected chi connectivity index (χ2v) is 6.39. The maximum absolute atomic E-state index is 11.5. The van der Waals surface area contributed by atoms with E-state index in [1.165, 1.54) is 12.1 Å². The van der Waals surface area contributed by atoms with Crippen LogP contribution in [0.25, 0.3) is 11.1 Å². The summed E-state index contributed by atoms with van der Waals surface area (Å²) in [6.07, 6.45) is 1.16. The zero-order valence-corrected chi connectivity index (χ0v) is 11.2. The van der Waals surface area contributed by atoms with Gasteiger partial charge in [-0.25, -0.2) is 8.42 Å². The number of halogens is 1. The fourth-order valence-electron chi connectivity index (χ4n) is 1.60. The van der Waals surface area contributed by atoms with Gasteiger partial charge in [-0.15, -0.1) is 0 Å². The van der Waals surface area contributed by atoms with Crippen LogP contribution in [0.1, 0.15) is 0 Å². The van der Waals surface area contributed by atoms with Gasteiger partial charge in [0.1, 0.15) is 5.75 Å². The maximum atomic E-state index is 11.5. The van der Waals surface area contributed by atoms with Gasteiger partial charge < -0.3 is 5.11 Å². The van der Waals surface area contributed by atoms with Crippen LogP contribution in [-0.2, 0) is 9.84 Å². The lowest BCUT2D eigenvalue weighted by molar-refractivity contribution is 0.476. The van der Waals surface area contributed by atoms with Gasteiger partial charge in [0.25, 0.3) is 0 Å². The highest BCUT2D eigenvalue weighted by molar-refractivity contribution is 7.90. The van der Waals surface area contributed by atoms with Crippen molar-refractivity contribution in [1.82, 2.24) is 0 Å². The number of phenols is 1. The highest BCUT2D eigenvalue weighted by Gasteiger charge is 2.09. The molecule has 94 valence electrons. The third kappa shape index (κ3) is 2.66. The number of aromatic hydroxyl groups is 1. The Morgan fingerprint density at radius 1 is 1.06 bits per heavy atom. The van der Waals surface area contributed by atoms with Crippen molar-refractivity contribution in [3.8, 4) is 16.9 Å². The molecule has 0 atom stereocenters. The van der Waals surface area contributed by atoms with Crippen LogP contribution in [0.2, 0.25) is 5.02 Å². The summed E-state index contributed by atoms with van der Waals surface area (Å²) in [5, 5.41) is 9.80.